The van der Waals surface area contributed by atoms with Crippen molar-refractivity contribution in [3.05, 3.63) is 28.2 Å². The number of benzene rings is 1. The average molecular weight is 256 g/mol. The lowest BCUT2D eigenvalue weighted by molar-refractivity contribution is 0.671. The van der Waals surface area contributed by atoms with Crippen LogP contribution >= 0.6 is 15.9 Å². The number of anilines is 1. The Kier molecular flexibility index (Phi) is 4.46. The van der Waals surface area contributed by atoms with Crippen molar-refractivity contribution in [1.29, 1.82) is 0 Å². The maximum absolute atomic E-state index is 3.53. The van der Waals surface area contributed by atoms with E-state index in [-0.39, 0.29) is 0 Å². The molecule has 0 aromatic heterocycles. The van der Waals surface area contributed by atoms with Crippen LogP contribution < -0.4 is 5.32 Å². The largest absolute Gasteiger partial charge is 0.382 e. The van der Waals surface area contributed by atoms with E-state index in [2.05, 4.69) is 60.2 Å². The molecule has 0 amide bonds. The molecule has 0 saturated heterocycles. The zero-order chi connectivity index (χ0) is 10.6. The summed E-state index contributed by atoms with van der Waals surface area (Å²) in [5.74, 6) is 0. The number of rotatable bonds is 4. The normalized spacial score (nSPS) is 10.6. The van der Waals surface area contributed by atoms with Gasteiger partial charge in [0.2, 0.25) is 0 Å². The minimum absolute atomic E-state index is 0.593. The fourth-order valence-corrected chi connectivity index (χ4v) is 1.71. The van der Waals surface area contributed by atoms with Crippen LogP contribution in [0.3, 0.4) is 0 Å². The van der Waals surface area contributed by atoms with Crippen molar-refractivity contribution in [2.45, 2.75) is 39.7 Å². The Morgan fingerprint density at radius 3 is 2.43 bits per heavy atom. The Hall–Kier alpha value is -0.500. The first-order valence-corrected chi connectivity index (χ1v) is 5.99. The van der Waals surface area contributed by atoms with Crippen molar-refractivity contribution in [3.8, 4) is 0 Å². The lowest BCUT2D eigenvalue weighted by Crippen LogP contribution is -2.16. The summed E-state index contributed by atoms with van der Waals surface area (Å²) < 4.78 is 1.17. The molecule has 0 aliphatic heterocycles. The molecule has 14 heavy (non-hydrogen) atoms. The van der Waals surface area contributed by atoms with E-state index < -0.39 is 0 Å². The van der Waals surface area contributed by atoms with Gasteiger partial charge in [0, 0.05) is 16.2 Å². The van der Waals surface area contributed by atoms with Crippen LogP contribution in [0.2, 0.25) is 0 Å². The summed E-state index contributed by atoms with van der Waals surface area (Å²) >= 11 is 3.50. The lowest BCUT2D eigenvalue weighted by Gasteiger charge is -2.16. The molecule has 0 spiro atoms. The second kappa shape index (κ2) is 5.40. The molecule has 1 aromatic carbocycles. The molecule has 0 fully saturated rings. The number of halogens is 1. The molecule has 0 saturated carbocycles. The van der Waals surface area contributed by atoms with E-state index in [0.29, 0.717) is 6.04 Å². The molecule has 1 nitrogen and oxygen atoms in total. The molecular formula is C12H18BrN. The highest BCUT2D eigenvalue weighted by Crippen LogP contribution is 2.21. The molecular weight excluding hydrogens is 238 g/mol. The molecule has 2 heteroatoms. The van der Waals surface area contributed by atoms with Crippen LogP contribution in [-0.4, -0.2) is 6.04 Å². The molecule has 0 unspecified atom stereocenters. The molecule has 78 valence electrons. The molecule has 0 bridgehead atoms. The standard InChI is InChI=1S/C12H18BrN/c1-4-10(5-2)14-11-6-7-12(13)9(3)8-11/h6-8,10,14H,4-5H2,1-3H3. The smallest absolute Gasteiger partial charge is 0.0345 e. The number of hydrogen-bond donors (Lipinski definition) is 1. The van der Waals surface area contributed by atoms with Gasteiger partial charge in [-0.2, -0.15) is 0 Å². The fourth-order valence-electron chi connectivity index (χ4n) is 1.46. The third-order valence-corrected chi connectivity index (χ3v) is 3.40. The van der Waals surface area contributed by atoms with Gasteiger partial charge in [0.1, 0.15) is 0 Å². The Labute approximate surface area is 95.0 Å². The first-order valence-electron chi connectivity index (χ1n) is 5.20. The topological polar surface area (TPSA) is 12.0 Å². The van der Waals surface area contributed by atoms with E-state index in [1.807, 2.05) is 0 Å². The van der Waals surface area contributed by atoms with Gasteiger partial charge in [0.05, 0.1) is 0 Å². The zero-order valence-electron chi connectivity index (χ0n) is 9.10. The van der Waals surface area contributed by atoms with Crippen LogP contribution in [0.15, 0.2) is 22.7 Å². The van der Waals surface area contributed by atoms with Crippen LogP contribution in [0.25, 0.3) is 0 Å². The van der Waals surface area contributed by atoms with E-state index in [1.165, 1.54) is 28.6 Å². The van der Waals surface area contributed by atoms with E-state index in [1.54, 1.807) is 0 Å². The summed E-state index contributed by atoms with van der Waals surface area (Å²) in [4.78, 5) is 0. The van der Waals surface area contributed by atoms with E-state index in [9.17, 15) is 0 Å². The van der Waals surface area contributed by atoms with Crippen molar-refractivity contribution in [3.63, 3.8) is 0 Å². The highest BCUT2D eigenvalue weighted by Gasteiger charge is 2.03. The van der Waals surface area contributed by atoms with Crippen LogP contribution in [-0.2, 0) is 0 Å². The van der Waals surface area contributed by atoms with Gasteiger partial charge >= 0.3 is 0 Å². The van der Waals surface area contributed by atoms with Gasteiger partial charge in [0.25, 0.3) is 0 Å². The monoisotopic (exact) mass is 255 g/mol. The molecule has 1 rings (SSSR count). The van der Waals surface area contributed by atoms with Gasteiger partial charge in [-0.05, 0) is 43.5 Å². The van der Waals surface area contributed by atoms with Gasteiger partial charge < -0.3 is 5.32 Å². The fraction of sp³-hybridized carbons (Fsp3) is 0.500. The molecule has 0 radical (unpaired) electrons. The highest BCUT2D eigenvalue weighted by atomic mass is 79.9. The first kappa shape index (κ1) is 11.6. The van der Waals surface area contributed by atoms with Crippen molar-refractivity contribution in [2.75, 3.05) is 5.32 Å². The van der Waals surface area contributed by atoms with Gasteiger partial charge in [-0.15, -0.1) is 0 Å². The lowest BCUT2D eigenvalue weighted by atomic mass is 10.1. The van der Waals surface area contributed by atoms with E-state index in [0.717, 1.165) is 0 Å². The molecule has 1 aromatic rings. The summed E-state index contributed by atoms with van der Waals surface area (Å²) in [6.07, 6.45) is 2.34. The summed E-state index contributed by atoms with van der Waals surface area (Å²) in [5.41, 5.74) is 2.50. The van der Waals surface area contributed by atoms with Crippen LogP contribution in [0.4, 0.5) is 5.69 Å². The number of aryl methyl sites for hydroxylation is 1. The SMILES string of the molecule is CCC(CC)Nc1ccc(Br)c(C)c1. The highest BCUT2D eigenvalue weighted by molar-refractivity contribution is 9.10. The van der Waals surface area contributed by atoms with Gasteiger partial charge in [0.15, 0.2) is 0 Å². The predicted octanol–water partition coefficient (Wildman–Crippen LogP) is 4.36. The first-order chi connectivity index (χ1) is 6.67. The zero-order valence-corrected chi connectivity index (χ0v) is 10.7. The third kappa shape index (κ3) is 3.02. The molecule has 0 heterocycles. The minimum atomic E-state index is 0.593. The number of hydrogen-bond acceptors (Lipinski definition) is 1. The Balaban J connectivity index is 2.72. The van der Waals surface area contributed by atoms with Gasteiger partial charge in [-0.25, -0.2) is 0 Å². The maximum atomic E-state index is 3.53. The van der Waals surface area contributed by atoms with Crippen molar-refractivity contribution in [2.24, 2.45) is 0 Å². The Morgan fingerprint density at radius 2 is 1.93 bits per heavy atom. The molecule has 0 aliphatic carbocycles. The predicted molar refractivity (Wildman–Crippen MR) is 66.9 cm³/mol. The summed E-state index contributed by atoms with van der Waals surface area (Å²) in [6.45, 7) is 6.54. The summed E-state index contributed by atoms with van der Waals surface area (Å²) in [6, 6.07) is 6.99. The van der Waals surface area contributed by atoms with Gasteiger partial charge in [-0.3, -0.25) is 0 Å². The third-order valence-electron chi connectivity index (χ3n) is 2.51. The maximum Gasteiger partial charge on any atom is 0.0345 e. The van der Waals surface area contributed by atoms with Crippen LogP contribution in [0, 0.1) is 6.92 Å². The van der Waals surface area contributed by atoms with Gasteiger partial charge in [-0.1, -0.05) is 29.8 Å². The summed E-state index contributed by atoms with van der Waals surface area (Å²) in [7, 11) is 0. The van der Waals surface area contributed by atoms with Crippen LogP contribution in [0.1, 0.15) is 32.3 Å². The second-order valence-corrected chi connectivity index (χ2v) is 4.48. The quantitative estimate of drug-likeness (QED) is 0.844. The van der Waals surface area contributed by atoms with Crippen LogP contribution in [0.5, 0.6) is 0 Å². The summed E-state index contributed by atoms with van der Waals surface area (Å²) in [5, 5.41) is 3.53. The van der Waals surface area contributed by atoms with Crippen molar-refractivity contribution < 1.29 is 0 Å². The van der Waals surface area contributed by atoms with E-state index >= 15 is 0 Å². The molecule has 0 atom stereocenters. The Morgan fingerprint density at radius 1 is 1.29 bits per heavy atom. The Bertz CT molecular complexity index is 292. The van der Waals surface area contributed by atoms with E-state index in [4.69, 9.17) is 0 Å². The average Bonchev–Trinajstić information content (AvgIpc) is 2.19. The second-order valence-electron chi connectivity index (χ2n) is 3.62. The van der Waals surface area contributed by atoms with Crippen molar-refractivity contribution >= 4 is 21.6 Å². The van der Waals surface area contributed by atoms with Crippen molar-refractivity contribution in [1.82, 2.24) is 0 Å². The molecule has 0 aliphatic rings. The molecule has 1 N–H and O–H groups in total. The number of nitrogens with one attached hydrogen (secondary N) is 1. The minimum Gasteiger partial charge on any atom is -0.382 e.